The summed E-state index contributed by atoms with van der Waals surface area (Å²) in [4.78, 5) is 25.5. The van der Waals surface area contributed by atoms with Crippen LogP contribution in [0, 0.1) is 0 Å². The molecule has 0 aliphatic carbocycles. The fraction of sp³-hybridized carbons (Fsp3) is 0.556. The quantitative estimate of drug-likeness (QED) is 0.655. The van der Waals surface area contributed by atoms with Crippen molar-refractivity contribution in [3.8, 4) is 17.2 Å². The molecule has 0 unspecified atom stereocenters. The number of nitrogens with one attached hydrogen (secondary N) is 1. The molecule has 7 nitrogen and oxygen atoms in total. The van der Waals surface area contributed by atoms with Gasteiger partial charge in [-0.05, 0) is 6.42 Å². The summed E-state index contributed by atoms with van der Waals surface area (Å²) < 4.78 is 15.8. The Labute approximate surface area is 149 Å². The van der Waals surface area contributed by atoms with Gasteiger partial charge in [-0.1, -0.05) is 19.8 Å². The number of carbonyl (C=O) groups is 2. The van der Waals surface area contributed by atoms with E-state index >= 15 is 0 Å². The summed E-state index contributed by atoms with van der Waals surface area (Å²) in [6.07, 6.45) is 2.97. The third kappa shape index (κ3) is 6.17. The van der Waals surface area contributed by atoms with E-state index in [1.54, 1.807) is 17.0 Å². The van der Waals surface area contributed by atoms with Gasteiger partial charge in [0.05, 0.1) is 27.9 Å². The van der Waals surface area contributed by atoms with E-state index in [0.29, 0.717) is 29.5 Å². The highest BCUT2D eigenvalue weighted by atomic mass is 16.5. The van der Waals surface area contributed by atoms with Crippen molar-refractivity contribution >= 4 is 17.5 Å². The third-order valence-corrected chi connectivity index (χ3v) is 3.76. The van der Waals surface area contributed by atoms with Gasteiger partial charge in [0.15, 0.2) is 11.5 Å². The van der Waals surface area contributed by atoms with Gasteiger partial charge in [0.1, 0.15) is 0 Å². The first kappa shape index (κ1) is 20.6. The lowest BCUT2D eigenvalue weighted by atomic mass is 10.2. The summed E-state index contributed by atoms with van der Waals surface area (Å²) in [7, 11) is 4.53. The van der Waals surface area contributed by atoms with Crippen LogP contribution in [-0.4, -0.2) is 51.1 Å². The van der Waals surface area contributed by atoms with E-state index < -0.39 is 0 Å². The van der Waals surface area contributed by atoms with Crippen molar-refractivity contribution in [3.05, 3.63) is 12.1 Å². The Hall–Kier alpha value is -2.44. The molecule has 0 fully saturated rings. The lowest BCUT2D eigenvalue weighted by Gasteiger charge is -2.21. The maximum Gasteiger partial charge on any atom is 0.243 e. The van der Waals surface area contributed by atoms with Crippen LogP contribution in [-0.2, 0) is 9.59 Å². The maximum atomic E-state index is 12.3. The van der Waals surface area contributed by atoms with Gasteiger partial charge < -0.3 is 24.4 Å². The second kappa shape index (κ2) is 10.4. The van der Waals surface area contributed by atoms with Crippen LogP contribution in [0.3, 0.4) is 0 Å². The molecule has 0 heterocycles. The summed E-state index contributed by atoms with van der Waals surface area (Å²) in [6, 6.07) is 3.29. The van der Waals surface area contributed by atoms with Gasteiger partial charge >= 0.3 is 0 Å². The van der Waals surface area contributed by atoms with Crippen molar-refractivity contribution in [1.82, 2.24) is 4.90 Å². The summed E-state index contributed by atoms with van der Waals surface area (Å²) in [5.74, 6) is 0.956. The second-order valence-electron chi connectivity index (χ2n) is 5.61. The number of hydrogen-bond acceptors (Lipinski definition) is 5. The zero-order chi connectivity index (χ0) is 18.8. The molecule has 0 saturated carbocycles. The molecule has 2 amide bonds. The van der Waals surface area contributed by atoms with Gasteiger partial charge in [0.25, 0.3) is 0 Å². The molecule has 1 aromatic rings. The van der Waals surface area contributed by atoms with E-state index in [0.717, 1.165) is 19.3 Å². The van der Waals surface area contributed by atoms with Gasteiger partial charge in [0.2, 0.25) is 17.6 Å². The minimum atomic E-state index is -0.277. The lowest BCUT2D eigenvalue weighted by molar-refractivity contribution is -0.132. The molecule has 140 valence electrons. The number of amides is 2. The molecule has 25 heavy (non-hydrogen) atoms. The number of rotatable bonds is 10. The largest absolute Gasteiger partial charge is 0.493 e. The lowest BCUT2D eigenvalue weighted by Crippen LogP contribution is -2.37. The molecule has 0 aliphatic rings. The average molecular weight is 352 g/mol. The topological polar surface area (TPSA) is 77.1 Å². The normalized spacial score (nSPS) is 10.1. The van der Waals surface area contributed by atoms with Crippen LogP contribution in [0.1, 0.15) is 33.1 Å². The molecule has 0 atom stereocenters. The first-order valence-electron chi connectivity index (χ1n) is 8.32. The van der Waals surface area contributed by atoms with Crippen LogP contribution >= 0.6 is 0 Å². The molecule has 0 bridgehead atoms. The molecule has 0 aliphatic heterocycles. The Balaban J connectivity index is 2.82. The summed E-state index contributed by atoms with van der Waals surface area (Å²) in [6.45, 7) is 4.15. The summed E-state index contributed by atoms with van der Waals surface area (Å²) in [5.41, 5.74) is 0.511. The van der Waals surface area contributed by atoms with E-state index in [-0.39, 0.29) is 18.4 Å². The van der Waals surface area contributed by atoms with E-state index in [2.05, 4.69) is 12.2 Å². The van der Waals surface area contributed by atoms with Crippen LogP contribution in [0.25, 0.3) is 0 Å². The molecule has 0 aromatic heterocycles. The number of carbonyl (C=O) groups excluding carboxylic acids is 2. The number of ether oxygens (including phenoxy) is 3. The van der Waals surface area contributed by atoms with Crippen LogP contribution in [0.5, 0.6) is 17.2 Å². The fourth-order valence-corrected chi connectivity index (χ4v) is 2.43. The third-order valence-electron chi connectivity index (χ3n) is 3.76. The zero-order valence-corrected chi connectivity index (χ0v) is 15.7. The highest BCUT2D eigenvalue weighted by molar-refractivity contribution is 5.94. The Morgan fingerprint density at radius 2 is 1.64 bits per heavy atom. The summed E-state index contributed by atoms with van der Waals surface area (Å²) in [5, 5.41) is 2.77. The van der Waals surface area contributed by atoms with Crippen molar-refractivity contribution < 1.29 is 23.8 Å². The predicted octanol–water partition coefficient (Wildman–Crippen LogP) is 2.69. The van der Waals surface area contributed by atoms with E-state index in [1.165, 1.54) is 28.3 Å². The number of nitrogens with zero attached hydrogens (tertiary/aromatic N) is 1. The number of unbranched alkanes of at least 4 members (excludes halogenated alkanes) is 2. The Morgan fingerprint density at radius 1 is 1.04 bits per heavy atom. The highest BCUT2D eigenvalue weighted by Crippen LogP contribution is 2.39. The zero-order valence-electron chi connectivity index (χ0n) is 15.7. The first-order valence-corrected chi connectivity index (χ1v) is 8.32. The van der Waals surface area contributed by atoms with Crippen LogP contribution in [0.4, 0.5) is 5.69 Å². The van der Waals surface area contributed by atoms with Crippen molar-refractivity contribution in [2.45, 2.75) is 33.1 Å². The van der Waals surface area contributed by atoms with E-state index in [9.17, 15) is 9.59 Å². The average Bonchev–Trinajstić information content (AvgIpc) is 2.59. The maximum absolute atomic E-state index is 12.3. The Bertz CT molecular complexity index is 564. The molecule has 7 heteroatoms. The van der Waals surface area contributed by atoms with Crippen LogP contribution < -0.4 is 19.5 Å². The molecule has 0 radical (unpaired) electrons. The number of methoxy groups -OCH3 is 3. The summed E-state index contributed by atoms with van der Waals surface area (Å²) >= 11 is 0. The molecule has 0 saturated heterocycles. The molecule has 1 rings (SSSR count). The monoisotopic (exact) mass is 352 g/mol. The minimum absolute atomic E-state index is 0.00963. The Kier molecular flexibility index (Phi) is 8.60. The number of benzene rings is 1. The number of hydrogen-bond donors (Lipinski definition) is 1. The molecule has 1 N–H and O–H groups in total. The van der Waals surface area contributed by atoms with Crippen molar-refractivity contribution in [2.75, 3.05) is 39.7 Å². The van der Waals surface area contributed by atoms with Gasteiger partial charge in [-0.2, -0.15) is 0 Å². The van der Waals surface area contributed by atoms with Gasteiger partial charge in [-0.25, -0.2) is 0 Å². The molecule has 0 spiro atoms. The molecular formula is C18H28N2O5. The second-order valence-corrected chi connectivity index (χ2v) is 5.61. The molecular weight excluding hydrogens is 324 g/mol. The fourth-order valence-electron chi connectivity index (χ4n) is 2.43. The van der Waals surface area contributed by atoms with E-state index in [4.69, 9.17) is 14.2 Å². The van der Waals surface area contributed by atoms with Crippen molar-refractivity contribution in [3.63, 3.8) is 0 Å². The SMILES string of the molecule is CCCCCN(CC(=O)Nc1cc(OC)c(OC)c(OC)c1)C(C)=O. The Morgan fingerprint density at radius 3 is 2.08 bits per heavy atom. The van der Waals surface area contributed by atoms with E-state index in [1.807, 2.05) is 0 Å². The van der Waals surface area contributed by atoms with Crippen molar-refractivity contribution in [1.29, 1.82) is 0 Å². The van der Waals surface area contributed by atoms with Crippen LogP contribution in [0.15, 0.2) is 12.1 Å². The van der Waals surface area contributed by atoms with Gasteiger partial charge in [-0.15, -0.1) is 0 Å². The van der Waals surface area contributed by atoms with Crippen LogP contribution in [0.2, 0.25) is 0 Å². The van der Waals surface area contributed by atoms with Gasteiger partial charge in [0, 0.05) is 31.3 Å². The standard InChI is InChI=1S/C18H28N2O5/c1-6-7-8-9-20(13(2)21)12-17(22)19-14-10-15(23-3)18(25-5)16(11-14)24-4/h10-11H,6-9,12H2,1-5H3,(H,19,22). The predicted molar refractivity (Wildman–Crippen MR) is 96.5 cm³/mol. The highest BCUT2D eigenvalue weighted by Gasteiger charge is 2.17. The smallest absolute Gasteiger partial charge is 0.243 e. The minimum Gasteiger partial charge on any atom is -0.493 e. The molecule has 1 aromatic carbocycles. The number of anilines is 1. The first-order chi connectivity index (χ1) is 12.0. The van der Waals surface area contributed by atoms with Gasteiger partial charge in [-0.3, -0.25) is 9.59 Å². The van der Waals surface area contributed by atoms with Crippen molar-refractivity contribution in [2.24, 2.45) is 0 Å².